The predicted octanol–water partition coefficient (Wildman–Crippen LogP) is 2.64. The molecule has 0 spiro atoms. The van der Waals surface area contributed by atoms with E-state index in [1.807, 2.05) is 53.2 Å². The number of nitrogens with one attached hydrogen (secondary N) is 1. The number of nitrogens with zero attached hydrogens (tertiary/aromatic N) is 2. The molecule has 0 aliphatic heterocycles. The molecule has 136 valence electrons. The third-order valence-electron chi connectivity index (χ3n) is 4.17. The summed E-state index contributed by atoms with van der Waals surface area (Å²) in [7, 11) is 3.23. The molecule has 2 heterocycles. The summed E-state index contributed by atoms with van der Waals surface area (Å²) in [4.78, 5) is 16.6. The number of carbonyl (C=O) groups excluding carboxylic acids is 1. The second kappa shape index (κ2) is 8.38. The molecule has 0 fully saturated rings. The SMILES string of the molecule is COc1cc(CCC(=O)NCCc2cn3ccccc3n2)cc(OC)c1. The van der Waals surface area contributed by atoms with E-state index in [-0.39, 0.29) is 5.91 Å². The Kier molecular flexibility index (Phi) is 5.73. The molecule has 6 heteroatoms. The van der Waals surface area contributed by atoms with Gasteiger partial charge in [-0.25, -0.2) is 4.98 Å². The van der Waals surface area contributed by atoms with Crippen LogP contribution in [-0.2, 0) is 17.6 Å². The van der Waals surface area contributed by atoms with Crippen LogP contribution in [0, 0.1) is 0 Å². The molecule has 0 aliphatic rings. The van der Waals surface area contributed by atoms with Gasteiger partial charge in [0.2, 0.25) is 5.91 Å². The number of aromatic nitrogens is 2. The van der Waals surface area contributed by atoms with Crippen LogP contribution in [0.4, 0.5) is 0 Å². The maximum atomic E-state index is 12.1. The first-order valence-electron chi connectivity index (χ1n) is 8.59. The van der Waals surface area contributed by atoms with E-state index in [2.05, 4.69) is 10.3 Å². The van der Waals surface area contributed by atoms with Crippen molar-refractivity contribution in [3.63, 3.8) is 0 Å². The fraction of sp³-hybridized carbons (Fsp3) is 0.300. The van der Waals surface area contributed by atoms with E-state index in [4.69, 9.17) is 9.47 Å². The average Bonchev–Trinajstić information content (AvgIpc) is 3.08. The topological polar surface area (TPSA) is 64.9 Å². The minimum Gasteiger partial charge on any atom is -0.497 e. The highest BCUT2D eigenvalue weighted by Gasteiger charge is 2.07. The van der Waals surface area contributed by atoms with Gasteiger partial charge in [-0.1, -0.05) is 6.07 Å². The first-order valence-corrected chi connectivity index (χ1v) is 8.59. The molecule has 0 atom stereocenters. The van der Waals surface area contributed by atoms with Gasteiger partial charge in [0.05, 0.1) is 19.9 Å². The Balaban J connectivity index is 1.47. The molecule has 0 saturated carbocycles. The lowest BCUT2D eigenvalue weighted by atomic mass is 10.1. The first-order chi connectivity index (χ1) is 12.7. The van der Waals surface area contributed by atoms with Crippen LogP contribution in [-0.4, -0.2) is 36.1 Å². The lowest BCUT2D eigenvalue weighted by molar-refractivity contribution is -0.121. The van der Waals surface area contributed by atoms with Crippen LogP contribution in [0.25, 0.3) is 5.65 Å². The summed E-state index contributed by atoms with van der Waals surface area (Å²) in [6.07, 6.45) is 5.71. The Hall–Kier alpha value is -3.02. The molecule has 26 heavy (non-hydrogen) atoms. The quantitative estimate of drug-likeness (QED) is 0.676. The minimum absolute atomic E-state index is 0.0237. The summed E-state index contributed by atoms with van der Waals surface area (Å²) < 4.78 is 12.5. The minimum atomic E-state index is 0.0237. The molecule has 0 saturated heterocycles. The number of ether oxygens (including phenoxy) is 2. The Morgan fingerprint density at radius 1 is 1.12 bits per heavy atom. The standard InChI is InChI=1S/C20H23N3O3/c1-25-17-11-15(12-18(13-17)26-2)6-7-20(24)21-9-8-16-14-23-10-4-3-5-19(23)22-16/h3-5,10-14H,6-9H2,1-2H3,(H,21,24). The van der Waals surface area contributed by atoms with E-state index in [0.717, 1.165) is 28.4 Å². The summed E-state index contributed by atoms with van der Waals surface area (Å²) in [5, 5.41) is 2.95. The number of rotatable bonds is 8. The van der Waals surface area contributed by atoms with E-state index >= 15 is 0 Å². The van der Waals surface area contributed by atoms with E-state index in [1.165, 1.54) is 0 Å². The van der Waals surface area contributed by atoms with Gasteiger partial charge in [-0.15, -0.1) is 0 Å². The van der Waals surface area contributed by atoms with Crippen molar-refractivity contribution in [2.75, 3.05) is 20.8 Å². The summed E-state index contributed by atoms with van der Waals surface area (Å²) >= 11 is 0. The molecule has 1 aromatic carbocycles. The Morgan fingerprint density at radius 3 is 2.58 bits per heavy atom. The number of aryl methyl sites for hydroxylation is 1. The highest BCUT2D eigenvalue weighted by atomic mass is 16.5. The molecule has 6 nitrogen and oxygen atoms in total. The molecule has 0 bridgehead atoms. The molecule has 0 aliphatic carbocycles. The molecular weight excluding hydrogens is 330 g/mol. The fourth-order valence-corrected chi connectivity index (χ4v) is 2.79. The van der Waals surface area contributed by atoms with Gasteiger partial charge in [-0.3, -0.25) is 4.79 Å². The third kappa shape index (κ3) is 4.53. The molecule has 3 rings (SSSR count). The van der Waals surface area contributed by atoms with Gasteiger partial charge >= 0.3 is 0 Å². The number of fused-ring (bicyclic) bond motifs is 1. The zero-order chi connectivity index (χ0) is 18.4. The summed E-state index contributed by atoms with van der Waals surface area (Å²) in [6.45, 7) is 0.574. The maximum absolute atomic E-state index is 12.1. The van der Waals surface area contributed by atoms with E-state index in [9.17, 15) is 4.79 Å². The number of hydrogen-bond acceptors (Lipinski definition) is 4. The number of imidazole rings is 1. The van der Waals surface area contributed by atoms with Crippen LogP contribution < -0.4 is 14.8 Å². The smallest absolute Gasteiger partial charge is 0.220 e. The second-order valence-corrected chi connectivity index (χ2v) is 6.02. The maximum Gasteiger partial charge on any atom is 0.220 e. The van der Waals surface area contributed by atoms with Crippen LogP contribution in [0.15, 0.2) is 48.8 Å². The van der Waals surface area contributed by atoms with Gasteiger partial charge in [0.25, 0.3) is 0 Å². The summed E-state index contributed by atoms with van der Waals surface area (Å²) in [5.74, 6) is 1.48. The van der Waals surface area contributed by atoms with Crippen LogP contribution in [0.5, 0.6) is 11.5 Å². The van der Waals surface area contributed by atoms with Crippen molar-refractivity contribution >= 4 is 11.6 Å². The zero-order valence-electron chi connectivity index (χ0n) is 15.1. The van der Waals surface area contributed by atoms with Gasteiger partial charge < -0.3 is 19.2 Å². The molecule has 2 aromatic heterocycles. The van der Waals surface area contributed by atoms with Crippen molar-refractivity contribution < 1.29 is 14.3 Å². The fourth-order valence-electron chi connectivity index (χ4n) is 2.79. The van der Waals surface area contributed by atoms with E-state index in [1.54, 1.807) is 14.2 Å². The summed E-state index contributed by atoms with van der Waals surface area (Å²) in [5.41, 5.74) is 2.89. The number of carbonyl (C=O) groups is 1. The van der Waals surface area contributed by atoms with Crippen LogP contribution >= 0.6 is 0 Å². The highest BCUT2D eigenvalue weighted by molar-refractivity contribution is 5.76. The Labute approximate surface area is 152 Å². The number of amides is 1. The van der Waals surface area contributed by atoms with Crippen LogP contribution in [0.1, 0.15) is 17.7 Å². The van der Waals surface area contributed by atoms with Crippen molar-refractivity contribution in [2.45, 2.75) is 19.3 Å². The van der Waals surface area contributed by atoms with Crippen LogP contribution in [0.2, 0.25) is 0 Å². The lowest BCUT2D eigenvalue weighted by Gasteiger charge is -2.08. The number of hydrogen-bond donors (Lipinski definition) is 1. The van der Waals surface area contributed by atoms with Crippen molar-refractivity contribution in [2.24, 2.45) is 0 Å². The van der Waals surface area contributed by atoms with Crippen molar-refractivity contribution in [3.8, 4) is 11.5 Å². The normalized spacial score (nSPS) is 10.7. The molecule has 1 N–H and O–H groups in total. The van der Waals surface area contributed by atoms with Crippen molar-refractivity contribution in [3.05, 3.63) is 60.0 Å². The average molecular weight is 353 g/mol. The number of methoxy groups -OCH3 is 2. The van der Waals surface area contributed by atoms with E-state index in [0.29, 0.717) is 25.8 Å². The van der Waals surface area contributed by atoms with Crippen molar-refractivity contribution in [1.29, 1.82) is 0 Å². The van der Waals surface area contributed by atoms with Gasteiger partial charge in [0.1, 0.15) is 17.1 Å². The predicted molar refractivity (Wildman–Crippen MR) is 99.8 cm³/mol. The lowest BCUT2D eigenvalue weighted by Crippen LogP contribution is -2.25. The Bertz CT molecular complexity index is 834. The molecular formula is C20H23N3O3. The van der Waals surface area contributed by atoms with Gasteiger partial charge in [0.15, 0.2) is 0 Å². The third-order valence-corrected chi connectivity index (χ3v) is 4.17. The number of pyridine rings is 1. The zero-order valence-corrected chi connectivity index (χ0v) is 15.1. The van der Waals surface area contributed by atoms with Crippen molar-refractivity contribution in [1.82, 2.24) is 14.7 Å². The van der Waals surface area contributed by atoms with Gasteiger partial charge in [0, 0.05) is 37.8 Å². The monoisotopic (exact) mass is 353 g/mol. The van der Waals surface area contributed by atoms with E-state index < -0.39 is 0 Å². The highest BCUT2D eigenvalue weighted by Crippen LogP contribution is 2.23. The number of benzene rings is 1. The van der Waals surface area contributed by atoms with Crippen LogP contribution in [0.3, 0.4) is 0 Å². The van der Waals surface area contributed by atoms with Gasteiger partial charge in [-0.05, 0) is 36.2 Å². The summed E-state index contributed by atoms with van der Waals surface area (Å²) in [6, 6.07) is 11.6. The molecule has 0 unspecified atom stereocenters. The molecule has 3 aromatic rings. The molecule has 1 amide bonds. The second-order valence-electron chi connectivity index (χ2n) is 6.02. The first kappa shape index (κ1) is 17.8. The molecule has 0 radical (unpaired) electrons. The van der Waals surface area contributed by atoms with Gasteiger partial charge in [-0.2, -0.15) is 0 Å². The Morgan fingerprint density at radius 2 is 1.88 bits per heavy atom. The largest absolute Gasteiger partial charge is 0.497 e.